The third kappa shape index (κ3) is 1.80. The van der Waals surface area contributed by atoms with Crippen LogP contribution in [0.4, 0.5) is 0 Å². The molecule has 2 aliphatic carbocycles. The minimum atomic E-state index is -1.83. The van der Waals surface area contributed by atoms with E-state index in [4.69, 9.17) is 14.2 Å². The lowest BCUT2D eigenvalue weighted by Crippen LogP contribution is -2.73. The molecule has 3 fully saturated rings. The third-order valence-corrected chi connectivity index (χ3v) is 6.56. The zero-order valence-electron chi connectivity index (χ0n) is 14.7. The van der Waals surface area contributed by atoms with Crippen LogP contribution in [0, 0.1) is 17.3 Å². The lowest BCUT2D eigenvalue weighted by molar-refractivity contribution is -0.263. The molecule has 25 heavy (non-hydrogen) atoms. The Kier molecular flexibility index (Phi) is 3.85. The first-order valence-electron chi connectivity index (χ1n) is 8.12. The maximum Gasteiger partial charge on any atom is 0.341 e. The van der Waals surface area contributed by atoms with Crippen LogP contribution in [0.25, 0.3) is 0 Å². The van der Waals surface area contributed by atoms with Crippen LogP contribution in [-0.4, -0.2) is 71.0 Å². The molecular formula is C17H24O8. The molecule has 0 spiro atoms. The molecule has 8 heteroatoms. The molecule has 0 bridgehead atoms. The molecule has 140 valence electrons. The normalized spacial score (nSPS) is 50.4. The number of carbonyl (C=O) groups excluding carboxylic acids is 2. The van der Waals surface area contributed by atoms with Gasteiger partial charge in [-0.15, -0.1) is 0 Å². The van der Waals surface area contributed by atoms with E-state index >= 15 is 0 Å². The summed E-state index contributed by atoms with van der Waals surface area (Å²) in [5.74, 6) is -3.61. The largest absolute Gasteiger partial charge is 0.469 e. The summed E-state index contributed by atoms with van der Waals surface area (Å²) in [5, 5.41) is 33.1. The molecule has 0 radical (unpaired) electrons. The van der Waals surface area contributed by atoms with Crippen LogP contribution in [0.1, 0.15) is 20.3 Å². The van der Waals surface area contributed by atoms with Gasteiger partial charge in [0.2, 0.25) is 5.60 Å². The van der Waals surface area contributed by atoms with Gasteiger partial charge >= 0.3 is 11.9 Å². The van der Waals surface area contributed by atoms with E-state index in [1.165, 1.54) is 21.1 Å². The molecule has 0 unspecified atom stereocenters. The second-order valence-electron chi connectivity index (χ2n) is 7.47. The van der Waals surface area contributed by atoms with Gasteiger partial charge in [0.1, 0.15) is 6.10 Å². The molecule has 8 nitrogen and oxygen atoms in total. The Labute approximate surface area is 145 Å². The van der Waals surface area contributed by atoms with E-state index in [1.54, 1.807) is 6.92 Å². The standard InChI is InChI=1S/C17H24O8/c1-7(2)9-10(13(20)23-4)16(22)6-8-17(25-8,14(21)24-5)15(16,3)12(19)11(9)18/h8-12,18-19,22H,1,6H2,2-5H3/t8-,9+,10-,11-,12-,15-,16-,17+/m1/s1. The van der Waals surface area contributed by atoms with Gasteiger partial charge in [0.15, 0.2) is 0 Å². The number of fused-ring (bicyclic) bond motifs is 3. The molecule has 1 heterocycles. The fourth-order valence-electron chi connectivity index (χ4n) is 5.19. The molecule has 1 aliphatic heterocycles. The Bertz CT molecular complexity index is 647. The van der Waals surface area contributed by atoms with Gasteiger partial charge in [0, 0.05) is 12.3 Å². The number of aliphatic hydroxyl groups excluding tert-OH is 2. The molecular weight excluding hydrogens is 332 g/mol. The van der Waals surface area contributed by atoms with Crippen LogP contribution in [0.2, 0.25) is 0 Å². The molecule has 8 atom stereocenters. The summed E-state index contributed by atoms with van der Waals surface area (Å²) in [6, 6.07) is 0. The Morgan fingerprint density at radius 1 is 1.24 bits per heavy atom. The number of rotatable bonds is 3. The predicted molar refractivity (Wildman–Crippen MR) is 83.1 cm³/mol. The number of ether oxygens (including phenoxy) is 3. The van der Waals surface area contributed by atoms with E-state index in [2.05, 4.69) is 6.58 Å². The van der Waals surface area contributed by atoms with Gasteiger partial charge in [-0.25, -0.2) is 4.79 Å². The predicted octanol–water partition coefficient (Wildman–Crippen LogP) is -0.845. The molecule has 1 saturated heterocycles. The summed E-state index contributed by atoms with van der Waals surface area (Å²) < 4.78 is 15.2. The van der Waals surface area contributed by atoms with Gasteiger partial charge in [0.25, 0.3) is 0 Å². The van der Waals surface area contributed by atoms with Gasteiger partial charge < -0.3 is 29.5 Å². The van der Waals surface area contributed by atoms with Crippen LogP contribution < -0.4 is 0 Å². The Morgan fingerprint density at radius 3 is 2.32 bits per heavy atom. The van der Waals surface area contributed by atoms with Crippen molar-refractivity contribution in [1.82, 2.24) is 0 Å². The molecule has 3 aliphatic rings. The smallest absolute Gasteiger partial charge is 0.341 e. The van der Waals surface area contributed by atoms with E-state index in [0.717, 1.165) is 0 Å². The quantitative estimate of drug-likeness (QED) is 0.339. The lowest BCUT2D eigenvalue weighted by atomic mass is 9.51. The molecule has 0 amide bonds. The minimum absolute atomic E-state index is 0.0636. The number of hydrogen-bond donors (Lipinski definition) is 3. The highest BCUT2D eigenvalue weighted by Gasteiger charge is 2.90. The third-order valence-electron chi connectivity index (χ3n) is 6.56. The molecule has 0 aromatic heterocycles. The second kappa shape index (κ2) is 5.26. The summed E-state index contributed by atoms with van der Waals surface area (Å²) in [6.07, 6.45) is -3.75. The average Bonchev–Trinajstić information content (AvgIpc) is 3.24. The number of carbonyl (C=O) groups is 2. The number of hydrogen-bond acceptors (Lipinski definition) is 8. The first-order chi connectivity index (χ1) is 11.5. The highest BCUT2D eigenvalue weighted by molar-refractivity contribution is 5.87. The summed E-state index contributed by atoms with van der Waals surface area (Å²) >= 11 is 0. The van der Waals surface area contributed by atoms with E-state index in [9.17, 15) is 24.9 Å². The second-order valence-corrected chi connectivity index (χ2v) is 7.47. The van der Waals surface area contributed by atoms with Crippen molar-refractivity contribution in [1.29, 1.82) is 0 Å². The number of methoxy groups -OCH3 is 2. The fourth-order valence-corrected chi connectivity index (χ4v) is 5.19. The van der Waals surface area contributed by atoms with E-state index in [0.29, 0.717) is 5.57 Å². The minimum Gasteiger partial charge on any atom is -0.469 e. The van der Waals surface area contributed by atoms with Gasteiger partial charge in [-0.1, -0.05) is 19.1 Å². The summed E-state index contributed by atoms with van der Waals surface area (Å²) in [6.45, 7) is 6.83. The maximum absolute atomic E-state index is 12.5. The van der Waals surface area contributed by atoms with Crippen LogP contribution in [0.15, 0.2) is 12.2 Å². The summed E-state index contributed by atoms with van der Waals surface area (Å²) in [7, 11) is 2.36. The highest BCUT2D eigenvalue weighted by atomic mass is 16.7. The first kappa shape index (κ1) is 18.3. The molecule has 2 saturated carbocycles. The van der Waals surface area contributed by atoms with E-state index in [1.807, 2.05) is 0 Å². The van der Waals surface area contributed by atoms with Crippen LogP contribution in [0.5, 0.6) is 0 Å². The fraction of sp³-hybridized carbons (Fsp3) is 0.765. The number of epoxide rings is 1. The van der Waals surface area contributed by atoms with Crippen molar-refractivity contribution < 1.29 is 39.1 Å². The van der Waals surface area contributed by atoms with Crippen molar-refractivity contribution >= 4 is 11.9 Å². The van der Waals surface area contributed by atoms with E-state index in [-0.39, 0.29) is 6.42 Å². The van der Waals surface area contributed by atoms with Gasteiger partial charge in [-0.2, -0.15) is 0 Å². The Hall–Kier alpha value is -1.48. The van der Waals surface area contributed by atoms with E-state index < -0.39 is 58.7 Å². The monoisotopic (exact) mass is 356 g/mol. The van der Waals surface area contributed by atoms with Crippen molar-refractivity contribution in [2.75, 3.05) is 14.2 Å². The van der Waals surface area contributed by atoms with Crippen molar-refractivity contribution in [3.05, 3.63) is 12.2 Å². The van der Waals surface area contributed by atoms with Crippen molar-refractivity contribution in [3.63, 3.8) is 0 Å². The number of esters is 2. The molecule has 0 aromatic rings. The maximum atomic E-state index is 12.5. The van der Waals surface area contributed by atoms with Crippen LogP contribution >= 0.6 is 0 Å². The Balaban J connectivity index is 2.21. The SMILES string of the molecule is C=C(C)[C@@H]1[C@@H](O)[C@@H](O)[C@]2(C)[C@@](O)(C[C@H]3O[C@]32C(=O)OC)[C@H]1C(=O)OC. The van der Waals surface area contributed by atoms with Crippen molar-refractivity contribution in [2.24, 2.45) is 17.3 Å². The van der Waals surface area contributed by atoms with Crippen molar-refractivity contribution in [2.45, 2.75) is 49.8 Å². The van der Waals surface area contributed by atoms with Gasteiger partial charge in [-0.3, -0.25) is 4.79 Å². The highest BCUT2D eigenvalue weighted by Crippen LogP contribution is 2.72. The summed E-state index contributed by atoms with van der Waals surface area (Å²) in [5.41, 5.74) is -4.67. The number of aliphatic hydroxyl groups is 3. The average molecular weight is 356 g/mol. The van der Waals surface area contributed by atoms with Crippen LogP contribution in [-0.2, 0) is 23.8 Å². The Morgan fingerprint density at radius 2 is 1.84 bits per heavy atom. The first-order valence-corrected chi connectivity index (χ1v) is 8.12. The molecule has 0 aromatic carbocycles. The molecule has 3 N–H and O–H groups in total. The topological polar surface area (TPSA) is 126 Å². The summed E-state index contributed by atoms with van der Waals surface area (Å²) in [4.78, 5) is 24.9. The van der Waals surface area contributed by atoms with Gasteiger partial charge in [-0.05, 0) is 6.92 Å². The zero-order valence-corrected chi connectivity index (χ0v) is 14.7. The van der Waals surface area contributed by atoms with Gasteiger partial charge in [0.05, 0.1) is 43.4 Å². The van der Waals surface area contributed by atoms with Crippen LogP contribution in [0.3, 0.4) is 0 Å². The zero-order chi connectivity index (χ0) is 18.9. The van der Waals surface area contributed by atoms with Crippen molar-refractivity contribution in [3.8, 4) is 0 Å². The molecule has 3 rings (SSSR count). The lowest BCUT2D eigenvalue weighted by Gasteiger charge is -2.57.